The van der Waals surface area contributed by atoms with E-state index in [1.54, 1.807) is 6.21 Å². The number of nitrogens with one attached hydrogen (secondary N) is 2. The Morgan fingerprint density at radius 3 is 2.65 bits per heavy atom. The van der Waals surface area contributed by atoms with Crippen LogP contribution >= 0.6 is 12.2 Å². The van der Waals surface area contributed by atoms with Crippen LogP contribution in [-0.4, -0.2) is 28.1 Å². The summed E-state index contributed by atoms with van der Waals surface area (Å²) in [7, 11) is 0. The highest BCUT2D eigenvalue weighted by Crippen LogP contribution is 2.24. The van der Waals surface area contributed by atoms with Crippen molar-refractivity contribution in [2.24, 2.45) is 5.10 Å². The highest BCUT2D eigenvalue weighted by atomic mass is 32.1. The summed E-state index contributed by atoms with van der Waals surface area (Å²) in [6, 6.07) is 15.1. The molecule has 2 aromatic heterocycles. The van der Waals surface area contributed by atoms with Crippen molar-refractivity contribution >= 4 is 34.8 Å². The van der Waals surface area contributed by atoms with Crippen molar-refractivity contribution in [3.63, 3.8) is 0 Å². The van der Waals surface area contributed by atoms with Gasteiger partial charge in [0, 0.05) is 23.9 Å². The predicted octanol–water partition coefficient (Wildman–Crippen LogP) is 3.30. The number of benzene rings is 1. The molecular formula is C20H20N4OS. The van der Waals surface area contributed by atoms with Gasteiger partial charge < -0.3 is 9.72 Å². The van der Waals surface area contributed by atoms with Gasteiger partial charge in [-0.2, -0.15) is 5.10 Å². The molecule has 0 atom stereocenters. The lowest BCUT2D eigenvalue weighted by atomic mass is 10.0. The summed E-state index contributed by atoms with van der Waals surface area (Å²) < 4.78 is 1.91. The standard InChI is InChI=1S/C20H20N4OS/c1-3-21-20(26)23-22-13-16-14(2)18(24-12-8-7-11-17(16)24)19(25)15-9-5-4-6-10-15/h4-13H,3H2,1-2H3,(H2,21,23,26)/b22-13-. The summed E-state index contributed by atoms with van der Waals surface area (Å²) in [5, 5.41) is 7.65. The van der Waals surface area contributed by atoms with Gasteiger partial charge in [-0.3, -0.25) is 10.2 Å². The summed E-state index contributed by atoms with van der Waals surface area (Å²) in [6.45, 7) is 4.63. The van der Waals surface area contributed by atoms with Gasteiger partial charge in [0.1, 0.15) is 0 Å². The Balaban J connectivity index is 2.03. The molecule has 0 saturated heterocycles. The van der Waals surface area contributed by atoms with Crippen LogP contribution in [0.3, 0.4) is 0 Å². The molecule has 2 N–H and O–H groups in total. The van der Waals surface area contributed by atoms with E-state index in [1.807, 2.05) is 73.0 Å². The second-order valence-corrected chi connectivity index (χ2v) is 6.18. The van der Waals surface area contributed by atoms with Crippen molar-refractivity contribution in [1.29, 1.82) is 0 Å². The molecule has 3 aromatic rings. The average Bonchev–Trinajstić information content (AvgIpc) is 2.94. The van der Waals surface area contributed by atoms with E-state index in [0.717, 1.165) is 23.2 Å². The van der Waals surface area contributed by atoms with Crippen LogP contribution in [0.4, 0.5) is 0 Å². The predicted molar refractivity (Wildman–Crippen MR) is 109 cm³/mol. The van der Waals surface area contributed by atoms with Gasteiger partial charge in [0.25, 0.3) is 0 Å². The molecule has 0 bridgehead atoms. The largest absolute Gasteiger partial charge is 0.362 e. The number of hydrazone groups is 1. The zero-order valence-corrected chi connectivity index (χ0v) is 15.5. The number of carbonyl (C=O) groups excluding carboxylic acids is 1. The molecule has 3 rings (SSSR count). The van der Waals surface area contributed by atoms with Crippen molar-refractivity contribution in [3.8, 4) is 0 Å². The Hall–Kier alpha value is -2.99. The molecule has 26 heavy (non-hydrogen) atoms. The first-order chi connectivity index (χ1) is 12.6. The van der Waals surface area contributed by atoms with Crippen molar-refractivity contribution in [2.45, 2.75) is 13.8 Å². The van der Waals surface area contributed by atoms with E-state index in [1.165, 1.54) is 0 Å². The molecule has 0 aliphatic heterocycles. The quantitative estimate of drug-likeness (QED) is 0.316. The normalized spacial score (nSPS) is 11.0. The first kappa shape index (κ1) is 17.8. The Morgan fingerprint density at radius 1 is 1.19 bits per heavy atom. The van der Waals surface area contributed by atoms with Crippen LogP contribution in [0.2, 0.25) is 0 Å². The first-order valence-corrected chi connectivity index (χ1v) is 8.80. The zero-order chi connectivity index (χ0) is 18.5. The Bertz CT molecular complexity index is 976. The maximum Gasteiger partial charge on any atom is 0.210 e. The van der Waals surface area contributed by atoms with E-state index in [2.05, 4.69) is 15.8 Å². The fraction of sp³-hybridized carbons (Fsp3) is 0.150. The van der Waals surface area contributed by atoms with E-state index in [9.17, 15) is 4.79 Å². The molecule has 0 radical (unpaired) electrons. The number of fused-ring (bicyclic) bond motifs is 1. The van der Waals surface area contributed by atoms with Gasteiger partial charge in [0.05, 0.1) is 17.4 Å². The summed E-state index contributed by atoms with van der Waals surface area (Å²) in [5.74, 6) is -0.0138. The third-order valence-corrected chi connectivity index (χ3v) is 4.32. The van der Waals surface area contributed by atoms with Crippen molar-refractivity contribution in [1.82, 2.24) is 15.1 Å². The number of nitrogens with zero attached hydrogens (tertiary/aromatic N) is 2. The van der Waals surface area contributed by atoms with E-state index in [4.69, 9.17) is 12.2 Å². The Morgan fingerprint density at radius 2 is 1.92 bits per heavy atom. The Kier molecular flexibility index (Phi) is 5.43. The zero-order valence-electron chi connectivity index (χ0n) is 14.7. The maximum absolute atomic E-state index is 13.0. The lowest BCUT2D eigenvalue weighted by molar-refractivity contribution is 0.103. The fourth-order valence-electron chi connectivity index (χ4n) is 2.88. The van der Waals surface area contributed by atoms with E-state index < -0.39 is 0 Å². The molecule has 6 heteroatoms. The maximum atomic E-state index is 13.0. The molecule has 2 heterocycles. The summed E-state index contributed by atoms with van der Waals surface area (Å²) in [5.41, 5.74) is 6.78. The highest BCUT2D eigenvalue weighted by Gasteiger charge is 2.20. The highest BCUT2D eigenvalue weighted by molar-refractivity contribution is 7.80. The van der Waals surface area contributed by atoms with Gasteiger partial charge in [-0.1, -0.05) is 36.4 Å². The Labute approximate surface area is 157 Å². The molecule has 0 unspecified atom stereocenters. The molecule has 132 valence electrons. The van der Waals surface area contributed by atoms with Crippen LogP contribution in [0, 0.1) is 6.92 Å². The smallest absolute Gasteiger partial charge is 0.210 e. The van der Waals surface area contributed by atoms with Gasteiger partial charge in [0.2, 0.25) is 5.78 Å². The molecule has 1 aromatic carbocycles. The van der Waals surface area contributed by atoms with Crippen LogP contribution in [0.25, 0.3) is 5.52 Å². The molecule has 5 nitrogen and oxygen atoms in total. The second-order valence-electron chi connectivity index (χ2n) is 5.77. The van der Waals surface area contributed by atoms with Crippen LogP contribution in [0.1, 0.15) is 34.1 Å². The number of aromatic nitrogens is 1. The van der Waals surface area contributed by atoms with E-state index >= 15 is 0 Å². The number of pyridine rings is 1. The number of hydrogen-bond acceptors (Lipinski definition) is 3. The summed E-state index contributed by atoms with van der Waals surface area (Å²) in [4.78, 5) is 13.0. The van der Waals surface area contributed by atoms with Crippen LogP contribution in [0.15, 0.2) is 59.8 Å². The monoisotopic (exact) mass is 364 g/mol. The third kappa shape index (κ3) is 3.50. The second kappa shape index (κ2) is 7.93. The number of thiocarbonyl (C=S) groups is 1. The molecular weight excluding hydrogens is 344 g/mol. The minimum Gasteiger partial charge on any atom is -0.362 e. The summed E-state index contributed by atoms with van der Waals surface area (Å²) >= 11 is 5.11. The van der Waals surface area contributed by atoms with Gasteiger partial charge in [-0.25, -0.2) is 0 Å². The molecule has 0 spiro atoms. The summed E-state index contributed by atoms with van der Waals surface area (Å²) in [6.07, 6.45) is 3.60. The molecule has 0 amide bonds. The van der Waals surface area contributed by atoms with E-state index in [0.29, 0.717) is 16.4 Å². The lowest BCUT2D eigenvalue weighted by Crippen LogP contribution is -2.31. The lowest BCUT2D eigenvalue weighted by Gasteiger charge is -2.03. The van der Waals surface area contributed by atoms with Crippen molar-refractivity contribution in [3.05, 3.63) is 77.1 Å². The molecule has 0 aliphatic carbocycles. The van der Waals surface area contributed by atoms with Crippen molar-refractivity contribution in [2.75, 3.05) is 6.54 Å². The topological polar surface area (TPSA) is 57.9 Å². The van der Waals surface area contributed by atoms with Gasteiger partial charge >= 0.3 is 0 Å². The van der Waals surface area contributed by atoms with Gasteiger partial charge in [-0.05, 0) is 43.8 Å². The molecule has 0 fully saturated rings. The SMILES string of the molecule is CCNC(=S)N/N=C\c1c(C)c(C(=O)c2ccccc2)n2ccccc12. The van der Waals surface area contributed by atoms with Crippen LogP contribution in [-0.2, 0) is 0 Å². The number of rotatable bonds is 5. The van der Waals surface area contributed by atoms with Crippen LogP contribution in [0.5, 0.6) is 0 Å². The van der Waals surface area contributed by atoms with Crippen molar-refractivity contribution < 1.29 is 4.79 Å². The minimum absolute atomic E-state index is 0.0138. The number of hydrogen-bond donors (Lipinski definition) is 2. The third-order valence-electron chi connectivity index (χ3n) is 4.08. The fourth-order valence-corrected chi connectivity index (χ4v) is 3.08. The molecule has 0 aliphatic rings. The number of carbonyl (C=O) groups is 1. The van der Waals surface area contributed by atoms with Gasteiger partial charge in [-0.15, -0.1) is 0 Å². The molecule has 0 saturated carbocycles. The average molecular weight is 364 g/mol. The van der Waals surface area contributed by atoms with E-state index in [-0.39, 0.29) is 5.78 Å². The number of ketones is 1. The van der Waals surface area contributed by atoms with Gasteiger partial charge in [0.15, 0.2) is 5.11 Å². The van der Waals surface area contributed by atoms with Crippen LogP contribution < -0.4 is 10.7 Å². The first-order valence-electron chi connectivity index (χ1n) is 8.39. The minimum atomic E-state index is -0.0138.